The number of guanidine groups is 1. The van der Waals surface area contributed by atoms with Crippen LogP contribution >= 0.6 is 0 Å². The molecule has 0 spiro atoms. The molecular formula is C50H71N13O12. The monoisotopic (exact) mass is 1050 g/mol. The lowest BCUT2D eigenvalue weighted by atomic mass is 9.96. The van der Waals surface area contributed by atoms with E-state index < -0.39 is 120 Å². The summed E-state index contributed by atoms with van der Waals surface area (Å²) in [6.45, 7) is 6.90. The molecule has 0 bridgehead atoms. The standard InChI is InChI=1S/C50H71N13O12/c1-5-28(4)41(47(72)58-36(25-31-19-21-55-62-31)48(73)63-22-10-14-38(63)45(70)59-37(49(74)75)24-29-11-7-6-8-12-29)61-44(69)35(23-30-15-17-32(64)18-16-30)57-46(71)40(27(2)3)60-43(68)34(13-9-20-54-50(52)53)56-42(67)33(51)26-39(65)66/h6-8,11-12,15-19,21,27-28,33-38,40-41,64H,5,9-10,13-14,20,22-26,51H2,1-4H3,(H,55,62)(H,56,67)(H,57,71)(H,58,72)(H,59,70)(H,60,68)(H,61,69)(H,65,66)(H,74,75)(H4,52,53,54)/t28-,33-,34-,35-,36-,37-,38-,40-,41-/m0/s1. The molecule has 2 heterocycles. The number of nitrogens with zero attached hydrogens (tertiary/aromatic N) is 3. The van der Waals surface area contributed by atoms with Crippen LogP contribution in [0.2, 0.25) is 0 Å². The Bertz CT molecular complexity index is 2450. The van der Waals surface area contributed by atoms with E-state index in [1.165, 1.54) is 35.4 Å². The van der Waals surface area contributed by atoms with Gasteiger partial charge in [-0.05, 0) is 66.8 Å². The number of carboxylic acids is 2. The number of hydrogen-bond acceptors (Lipinski definition) is 13. The average molecular weight is 1050 g/mol. The molecule has 1 aliphatic rings. The van der Waals surface area contributed by atoms with E-state index >= 15 is 0 Å². The highest BCUT2D eigenvalue weighted by atomic mass is 16.4. The highest BCUT2D eigenvalue weighted by Crippen LogP contribution is 2.21. The number of H-pyrrole nitrogens is 1. The van der Waals surface area contributed by atoms with Gasteiger partial charge in [-0.25, -0.2) is 4.79 Å². The van der Waals surface area contributed by atoms with Crippen LogP contribution in [0.1, 0.15) is 83.0 Å². The number of phenols is 1. The van der Waals surface area contributed by atoms with Gasteiger partial charge in [-0.3, -0.25) is 48.4 Å². The predicted octanol–water partition coefficient (Wildman–Crippen LogP) is -1.31. The Balaban J connectivity index is 1.59. The van der Waals surface area contributed by atoms with E-state index in [2.05, 4.69) is 47.1 Å². The number of aromatic hydroxyl groups is 1. The van der Waals surface area contributed by atoms with Crippen molar-refractivity contribution in [3.05, 3.63) is 83.7 Å². The molecule has 16 N–H and O–H groups in total. The van der Waals surface area contributed by atoms with Gasteiger partial charge in [-0.2, -0.15) is 5.10 Å². The number of nitrogens with two attached hydrogens (primary N) is 3. The van der Waals surface area contributed by atoms with Crippen LogP contribution in [0.15, 0.2) is 71.9 Å². The number of carbonyl (C=O) groups excluding carboxylic acids is 7. The average Bonchev–Trinajstić information content (AvgIpc) is 4.08. The first-order valence-corrected chi connectivity index (χ1v) is 24.8. The van der Waals surface area contributed by atoms with Crippen molar-refractivity contribution in [1.82, 2.24) is 47.0 Å². The Hall–Kier alpha value is -8.09. The Kier molecular flexibility index (Phi) is 23.0. The molecule has 1 aromatic heterocycles. The van der Waals surface area contributed by atoms with Crippen molar-refractivity contribution in [1.29, 1.82) is 0 Å². The van der Waals surface area contributed by atoms with Crippen molar-refractivity contribution in [3.63, 3.8) is 0 Å². The van der Waals surface area contributed by atoms with E-state index in [1.807, 2.05) is 0 Å². The number of hydrogen-bond donors (Lipinski definition) is 13. The maximum Gasteiger partial charge on any atom is 0.326 e. The molecule has 1 fully saturated rings. The number of carboxylic acid groups (broad SMARTS) is 2. The number of carbonyl (C=O) groups is 9. The van der Waals surface area contributed by atoms with Crippen LogP contribution in [0.4, 0.5) is 0 Å². The Morgan fingerprint density at radius 3 is 1.93 bits per heavy atom. The molecule has 3 aromatic rings. The van der Waals surface area contributed by atoms with E-state index in [0.29, 0.717) is 29.7 Å². The molecule has 7 amide bonds. The molecule has 1 aliphatic heterocycles. The number of rotatable bonds is 29. The quantitative estimate of drug-likeness (QED) is 0.0218. The van der Waals surface area contributed by atoms with Crippen LogP contribution in [-0.2, 0) is 62.4 Å². The van der Waals surface area contributed by atoms with Gasteiger partial charge < -0.3 is 69.3 Å². The Morgan fingerprint density at radius 1 is 0.733 bits per heavy atom. The third-order valence-electron chi connectivity index (χ3n) is 12.7. The fraction of sp³-hybridized carbons (Fsp3) is 0.500. The minimum absolute atomic E-state index is 0.00211. The zero-order valence-electron chi connectivity index (χ0n) is 42.5. The fourth-order valence-electron chi connectivity index (χ4n) is 8.32. The van der Waals surface area contributed by atoms with Gasteiger partial charge in [0.2, 0.25) is 41.4 Å². The third-order valence-corrected chi connectivity index (χ3v) is 12.7. The lowest BCUT2D eigenvalue weighted by Crippen LogP contribution is -2.62. The summed E-state index contributed by atoms with van der Waals surface area (Å²) in [5, 5.41) is 51.9. The van der Waals surface area contributed by atoms with Gasteiger partial charge in [-0.15, -0.1) is 0 Å². The molecule has 2 aromatic carbocycles. The molecule has 25 heteroatoms. The van der Waals surface area contributed by atoms with E-state index in [4.69, 9.17) is 17.2 Å². The normalized spacial score (nSPS) is 16.3. The molecule has 0 aliphatic carbocycles. The number of aliphatic imine (C=N–C) groups is 1. The minimum atomic E-state index is -1.51. The summed E-state index contributed by atoms with van der Waals surface area (Å²) in [4.78, 5) is 127. The molecule has 0 radical (unpaired) electrons. The molecule has 75 heavy (non-hydrogen) atoms. The number of aromatic amines is 1. The van der Waals surface area contributed by atoms with Crippen LogP contribution in [0, 0.1) is 11.8 Å². The maximum atomic E-state index is 14.6. The highest BCUT2D eigenvalue weighted by Gasteiger charge is 2.41. The van der Waals surface area contributed by atoms with Crippen molar-refractivity contribution in [2.75, 3.05) is 13.1 Å². The highest BCUT2D eigenvalue weighted by molar-refractivity contribution is 5.98. The second-order valence-corrected chi connectivity index (χ2v) is 18.9. The summed E-state index contributed by atoms with van der Waals surface area (Å²) in [6.07, 6.45) is 1.53. The second-order valence-electron chi connectivity index (χ2n) is 18.9. The van der Waals surface area contributed by atoms with Gasteiger partial charge in [0.25, 0.3) is 0 Å². The third kappa shape index (κ3) is 18.7. The first-order chi connectivity index (χ1) is 35.6. The molecule has 408 valence electrons. The Morgan fingerprint density at radius 2 is 1.33 bits per heavy atom. The van der Waals surface area contributed by atoms with Gasteiger partial charge in [0.1, 0.15) is 48.0 Å². The van der Waals surface area contributed by atoms with E-state index in [9.17, 15) is 58.5 Å². The van der Waals surface area contributed by atoms with E-state index in [0.717, 1.165) is 0 Å². The molecular weight excluding hydrogens is 975 g/mol. The summed E-state index contributed by atoms with van der Waals surface area (Å²) in [7, 11) is 0. The molecule has 4 rings (SSSR count). The number of benzene rings is 2. The number of aliphatic carboxylic acids is 2. The Labute approximate surface area is 434 Å². The number of likely N-dealkylation sites (tertiary alicyclic amines) is 1. The van der Waals surface area contributed by atoms with Gasteiger partial charge in [0.15, 0.2) is 5.96 Å². The van der Waals surface area contributed by atoms with Crippen molar-refractivity contribution in [3.8, 4) is 5.75 Å². The van der Waals surface area contributed by atoms with Crippen molar-refractivity contribution < 1.29 is 58.5 Å². The summed E-state index contributed by atoms with van der Waals surface area (Å²) >= 11 is 0. The van der Waals surface area contributed by atoms with Gasteiger partial charge in [0.05, 0.1) is 12.5 Å². The second kappa shape index (κ2) is 29.0. The number of aromatic nitrogens is 2. The molecule has 9 atom stereocenters. The van der Waals surface area contributed by atoms with Crippen molar-refractivity contribution in [2.24, 2.45) is 34.0 Å². The molecule has 1 saturated heterocycles. The number of phenolic OH excluding ortho intramolecular Hbond substituents is 1. The first-order valence-electron chi connectivity index (χ1n) is 24.8. The summed E-state index contributed by atoms with van der Waals surface area (Å²) < 4.78 is 0. The molecule has 0 saturated carbocycles. The zero-order valence-corrected chi connectivity index (χ0v) is 42.5. The molecule has 25 nitrogen and oxygen atoms in total. The topological polar surface area (TPSA) is 409 Å². The lowest BCUT2D eigenvalue weighted by Gasteiger charge is -2.32. The minimum Gasteiger partial charge on any atom is -0.508 e. The van der Waals surface area contributed by atoms with Crippen LogP contribution in [0.5, 0.6) is 5.75 Å². The van der Waals surface area contributed by atoms with E-state index in [1.54, 1.807) is 64.1 Å². The SMILES string of the molecule is CC[C@H](C)[C@H](NC(=O)[C@H](Cc1ccc(O)cc1)NC(=O)[C@@H](NC(=O)[C@H](CCCN=C(N)N)NC(=O)[C@@H](N)CC(=O)O)C(C)C)C(=O)N[C@@H](Cc1ccn[nH]1)C(=O)N1CCC[C@H]1C(=O)N[C@@H](Cc1ccccc1)C(=O)O. The van der Waals surface area contributed by atoms with Crippen LogP contribution in [-0.4, -0.2) is 151 Å². The smallest absolute Gasteiger partial charge is 0.326 e. The number of amides is 7. The van der Waals surface area contributed by atoms with Gasteiger partial charge in [-0.1, -0.05) is 76.6 Å². The van der Waals surface area contributed by atoms with Gasteiger partial charge >= 0.3 is 11.9 Å². The fourth-order valence-corrected chi connectivity index (χ4v) is 8.32. The largest absolute Gasteiger partial charge is 0.508 e. The predicted molar refractivity (Wildman–Crippen MR) is 273 cm³/mol. The van der Waals surface area contributed by atoms with Crippen LogP contribution in [0.3, 0.4) is 0 Å². The first kappa shape index (κ1) is 59.5. The summed E-state index contributed by atoms with van der Waals surface area (Å²) in [5.74, 6) is -9.64. The number of nitrogens with one attached hydrogen (secondary N) is 7. The van der Waals surface area contributed by atoms with Crippen molar-refractivity contribution in [2.45, 2.75) is 134 Å². The van der Waals surface area contributed by atoms with Crippen molar-refractivity contribution >= 4 is 59.2 Å². The zero-order chi connectivity index (χ0) is 55.4. The molecule has 0 unspecified atom stereocenters. The van der Waals surface area contributed by atoms with Gasteiger partial charge in [0, 0.05) is 44.2 Å². The van der Waals surface area contributed by atoms with Crippen LogP contribution in [0.25, 0.3) is 0 Å². The summed E-state index contributed by atoms with van der Waals surface area (Å²) in [6, 6.07) is 5.55. The summed E-state index contributed by atoms with van der Waals surface area (Å²) in [5.41, 5.74) is 18.2. The maximum absolute atomic E-state index is 14.6. The lowest BCUT2D eigenvalue weighted by molar-refractivity contribution is -0.145. The van der Waals surface area contributed by atoms with Crippen LogP contribution < -0.4 is 49.1 Å². The van der Waals surface area contributed by atoms with E-state index in [-0.39, 0.29) is 63.3 Å².